The Balaban J connectivity index is 2.20. The third-order valence-corrected chi connectivity index (χ3v) is 3.27. The SMILES string of the molecule is C=C(C(=O)c1ccc(OCOC)cc1O)c1ccc(OC)cc1. The van der Waals surface area contributed by atoms with Crippen LogP contribution in [-0.4, -0.2) is 31.9 Å². The minimum atomic E-state index is -0.356. The molecule has 0 heterocycles. The third kappa shape index (κ3) is 3.90. The largest absolute Gasteiger partial charge is 0.507 e. The van der Waals surface area contributed by atoms with Crippen LogP contribution in [0.4, 0.5) is 0 Å². The van der Waals surface area contributed by atoms with Crippen LogP contribution in [0.5, 0.6) is 17.2 Å². The zero-order valence-corrected chi connectivity index (χ0v) is 13.0. The summed E-state index contributed by atoms with van der Waals surface area (Å²) < 4.78 is 15.1. The number of ether oxygens (including phenoxy) is 3. The first kappa shape index (κ1) is 16.6. The Labute approximate surface area is 134 Å². The molecule has 2 aromatic carbocycles. The van der Waals surface area contributed by atoms with Gasteiger partial charge in [-0.25, -0.2) is 0 Å². The molecule has 1 N–H and O–H groups in total. The molecule has 0 aliphatic carbocycles. The highest BCUT2D eigenvalue weighted by Gasteiger charge is 2.16. The first-order valence-electron chi connectivity index (χ1n) is 6.89. The van der Waals surface area contributed by atoms with Gasteiger partial charge < -0.3 is 19.3 Å². The van der Waals surface area contributed by atoms with Crippen molar-refractivity contribution in [2.24, 2.45) is 0 Å². The minimum absolute atomic E-state index is 0.0608. The average molecular weight is 314 g/mol. The van der Waals surface area contributed by atoms with Gasteiger partial charge in [0.25, 0.3) is 0 Å². The van der Waals surface area contributed by atoms with Crippen molar-refractivity contribution in [2.75, 3.05) is 21.0 Å². The van der Waals surface area contributed by atoms with Gasteiger partial charge in [-0.3, -0.25) is 4.79 Å². The number of allylic oxidation sites excluding steroid dienone is 1. The van der Waals surface area contributed by atoms with Gasteiger partial charge in [0.05, 0.1) is 12.7 Å². The number of phenolic OH excluding ortho intramolecular Hbond substituents is 1. The second kappa shape index (κ2) is 7.47. The van der Waals surface area contributed by atoms with E-state index in [4.69, 9.17) is 14.2 Å². The van der Waals surface area contributed by atoms with Crippen molar-refractivity contribution >= 4 is 11.4 Å². The van der Waals surface area contributed by atoms with E-state index in [0.29, 0.717) is 17.1 Å². The van der Waals surface area contributed by atoms with E-state index < -0.39 is 0 Å². The van der Waals surface area contributed by atoms with Crippen LogP contribution in [0, 0.1) is 0 Å². The lowest BCUT2D eigenvalue weighted by atomic mass is 9.97. The summed E-state index contributed by atoms with van der Waals surface area (Å²) in [5, 5.41) is 10.0. The molecular formula is C18H18O5. The molecule has 120 valence electrons. The van der Waals surface area contributed by atoms with E-state index in [1.54, 1.807) is 37.4 Å². The van der Waals surface area contributed by atoms with Crippen molar-refractivity contribution in [3.05, 3.63) is 60.2 Å². The van der Waals surface area contributed by atoms with Crippen LogP contribution < -0.4 is 9.47 Å². The predicted octanol–water partition coefficient (Wildman–Crippen LogP) is 3.28. The molecule has 0 aliphatic rings. The van der Waals surface area contributed by atoms with Gasteiger partial charge in [0, 0.05) is 18.7 Å². The monoisotopic (exact) mass is 314 g/mol. The molecule has 0 amide bonds. The lowest BCUT2D eigenvalue weighted by Crippen LogP contribution is -2.03. The molecule has 0 unspecified atom stereocenters. The molecule has 0 atom stereocenters. The van der Waals surface area contributed by atoms with Crippen LogP contribution >= 0.6 is 0 Å². The molecule has 0 aliphatic heterocycles. The quantitative estimate of drug-likeness (QED) is 0.483. The summed E-state index contributed by atoms with van der Waals surface area (Å²) >= 11 is 0. The molecule has 0 radical (unpaired) electrons. The molecule has 0 saturated heterocycles. The van der Waals surface area contributed by atoms with Gasteiger partial charge in [0.15, 0.2) is 12.6 Å². The van der Waals surface area contributed by atoms with E-state index in [9.17, 15) is 9.90 Å². The van der Waals surface area contributed by atoms with Gasteiger partial charge in [-0.1, -0.05) is 18.7 Å². The molecule has 2 rings (SSSR count). The highest BCUT2D eigenvalue weighted by atomic mass is 16.7. The second-order valence-electron chi connectivity index (χ2n) is 4.77. The second-order valence-corrected chi connectivity index (χ2v) is 4.77. The summed E-state index contributed by atoms with van der Waals surface area (Å²) in [6, 6.07) is 11.4. The number of benzene rings is 2. The number of aromatic hydroxyl groups is 1. The van der Waals surface area contributed by atoms with Gasteiger partial charge in [-0.05, 0) is 29.8 Å². The van der Waals surface area contributed by atoms with E-state index >= 15 is 0 Å². The van der Waals surface area contributed by atoms with E-state index in [2.05, 4.69) is 6.58 Å². The molecule has 0 spiro atoms. The van der Waals surface area contributed by atoms with Gasteiger partial charge in [-0.2, -0.15) is 0 Å². The van der Waals surface area contributed by atoms with Crippen LogP contribution in [-0.2, 0) is 4.74 Å². The van der Waals surface area contributed by atoms with Gasteiger partial charge >= 0.3 is 0 Å². The fourth-order valence-electron chi connectivity index (χ4n) is 2.01. The number of methoxy groups -OCH3 is 2. The number of Topliss-reactive ketones (excluding diaryl/α,β-unsaturated/α-hetero) is 1. The lowest BCUT2D eigenvalue weighted by molar-refractivity contribution is 0.0510. The van der Waals surface area contributed by atoms with Crippen molar-refractivity contribution in [1.82, 2.24) is 0 Å². The lowest BCUT2D eigenvalue weighted by Gasteiger charge is -2.10. The Hall–Kier alpha value is -2.79. The molecule has 5 heteroatoms. The van der Waals surface area contributed by atoms with Crippen molar-refractivity contribution in [3.8, 4) is 17.2 Å². The molecular weight excluding hydrogens is 296 g/mol. The van der Waals surface area contributed by atoms with Crippen molar-refractivity contribution in [3.63, 3.8) is 0 Å². The number of carbonyl (C=O) groups excluding carboxylic acids is 1. The maximum absolute atomic E-state index is 12.5. The van der Waals surface area contributed by atoms with Crippen molar-refractivity contribution in [1.29, 1.82) is 0 Å². The average Bonchev–Trinajstić information content (AvgIpc) is 2.59. The maximum atomic E-state index is 12.5. The Morgan fingerprint density at radius 1 is 1.09 bits per heavy atom. The number of hydrogen-bond acceptors (Lipinski definition) is 5. The van der Waals surface area contributed by atoms with Crippen LogP contribution in [0.25, 0.3) is 5.57 Å². The molecule has 0 fully saturated rings. The molecule has 5 nitrogen and oxygen atoms in total. The Morgan fingerprint density at radius 3 is 2.30 bits per heavy atom. The summed E-state index contributed by atoms with van der Waals surface area (Å²) in [4.78, 5) is 12.5. The van der Waals surface area contributed by atoms with E-state index in [1.807, 2.05) is 0 Å². The Kier molecular flexibility index (Phi) is 5.38. The van der Waals surface area contributed by atoms with E-state index in [1.165, 1.54) is 19.2 Å². The van der Waals surface area contributed by atoms with E-state index in [-0.39, 0.29) is 29.5 Å². The topological polar surface area (TPSA) is 65.0 Å². The summed E-state index contributed by atoms with van der Waals surface area (Å²) in [7, 11) is 3.07. The van der Waals surface area contributed by atoms with Crippen molar-refractivity contribution < 1.29 is 24.1 Å². The molecule has 0 bridgehead atoms. The molecule has 0 aromatic heterocycles. The standard InChI is InChI=1S/C18H18O5/c1-12(13-4-6-14(22-3)7-5-13)18(20)16-9-8-15(10-17(16)19)23-11-21-2/h4-10,19H,1,11H2,2-3H3. The number of phenols is 1. The first-order valence-corrected chi connectivity index (χ1v) is 6.89. The first-order chi connectivity index (χ1) is 11.1. The summed E-state index contributed by atoms with van der Waals surface area (Å²) in [6.07, 6.45) is 0. The summed E-state index contributed by atoms with van der Waals surface area (Å²) in [5.41, 5.74) is 1.11. The molecule has 0 saturated carbocycles. The smallest absolute Gasteiger partial charge is 0.196 e. The van der Waals surface area contributed by atoms with Crippen LogP contribution in [0.1, 0.15) is 15.9 Å². The molecule has 2 aromatic rings. The normalized spacial score (nSPS) is 10.2. The van der Waals surface area contributed by atoms with E-state index in [0.717, 1.165) is 0 Å². The zero-order chi connectivity index (χ0) is 16.8. The zero-order valence-electron chi connectivity index (χ0n) is 13.0. The fourth-order valence-corrected chi connectivity index (χ4v) is 2.01. The summed E-state index contributed by atoms with van der Waals surface area (Å²) in [5.74, 6) is 0.580. The van der Waals surface area contributed by atoms with Gasteiger partial charge in [-0.15, -0.1) is 0 Å². The maximum Gasteiger partial charge on any atom is 0.196 e. The fraction of sp³-hybridized carbons (Fsp3) is 0.167. The van der Waals surface area contributed by atoms with Gasteiger partial charge in [0.1, 0.15) is 17.2 Å². The van der Waals surface area contributed by atoms with Crippen LogP contribution in [0.3, 0.4) is 0 Å². The number of hydrogen-bond donors (Lipinski definition) is 1. The minimum Gasteiger partial charge on any atom is -0.507 e. The number of ketones is 1. The molecule has 23 heavy (non-hydrogen) atoms. The highest BCUT2D eigenvalue weighted by molar-refractivity contribution is 6.29. The Bertz CT molecular complexity index is 704. The predicted molar refractivity (Wildman–Crippen MR) is 87.0 cm³/mol. The summed E-state index contributed by atoms with van der Waals surface area (Å²) in [6.45, 7) is 3.88. The van der Waals surface area contributed by atoms with Crippen LogP contribution in [0.15, 0.2) is 49.0 Å². The number of rotatable bonds is 7. The van der Waals surface area contributed by atoms with Crippen LogP contribution in [0.2, 0.25) is 0 Å². The Morgan fingerprint density at radius 2 is 1.74 bits per heavy atom. The highest BCUT2D eigenvalue weighted by Crippen LogP contribution is 2.28. The van der Waals surface area contributed by atoms with Gasteiger partial charge in [0.2, 0.25) is 0 Å². The number of carbonyl (C=O) groups is 1. The van der Waals surface area contributed by atoms with Crippen molar-refractivity contribution in [2.45, 2.75) is 0 Å². The third-order valence-electron chi connectivity index (χ3n) is 3.27.